The van der Waals surface area contributed by atoms with Crippen LogP contribution in [0.3, 0.4) is 0 Å². The predicted octanol–water partition coefficient (Wildman–Crippen LogP) is 3.73. The Kier molecular flexibility index (Phi) is 2.85. The molecule has 69 valence electrons. The summed E-state index contributed by atoms with van der Waals surface area (Å²) < 4.78 is 0. The van der Waals surface area contributed by atoms with E-state index in [0.29, 0.717) is 0 Å². The molecule has 0 saturated carbocycles. The summed E-state index contributed by atoms with van der Waals surface area (Å²) in [5.41, 5.74) is 2.43. The summed E-state index contributed by atoms with van der Waals surface area (Å²) in [6, 6.07) is 18.9. The fourth-order valence-corrected chi connectivity index (χ4v) is 1.60. The maximum atomic E-state index is 6.07. The largest absolute Gasteiger partial charge is 0.0840 e. The average Bonchev–Trinajstić information content (AvgIpc) is 2.23. The molecular weight excluding hydrogens is 192 g/mol. The Morgan fingerprint density at radius 3 is 2.43 bits per heavy atom. The van der Waals surface area contributed by atoms with Crippen molar-refractivity contribution in [2.45, 2.75) is 6.42 Å². The maximum Gasteiger partial charge on any atom is 0.0441 e. The maximum absolute atomic E-state index is 6.07. The monoisotopic (exact) mass is 201 g/mol. The zero-order chi connectivity index (χ0) is 9.80. The minimum absolute atomic E-state index is 0.834. The summed E-state index contributed by atoms with van der Waals surface area (Å²) in [6.45, 7) is 0. The second-order valence-corrected chi connectivity index (χ2v) is 3.58. The van der Waals surface area contributed by atoms with Gasteiger partial charge in [0.25, 0.3) is 0 Å². The van der Waals surface area contributed by atoms with Crippen LogP contribution in [-0.4, -0.2) is 0 Å². The van der Waals surface area contributed by atoms with Crippen molar-refractivity contribution in [2.24, 2.45) is 0 Å². The van der Waals surface area contributed by atoms with Gasteiger partial charge in [-0.15, -0.1) is 0 Å². The third kappa shape index (κ3) is 2.15. The number of rotatable bonds is 2. The fourth-order valence-electron chi connectivity index (χ4n) is 1.40. The van der Waals surface area contributed by atoms with E-state index < -0.39 is 0 Å². The molecule has 14 heavy (non-hydrogen) atoms. The quantitative estimate of drug-likeness (QED) is 0.695. The number of halogens is 1. The molecule has 2 aromatic carbocycles. The first-order valence-corrected chi connectivity index (χ1v) is 4.92. The van der Waals surface area contributed by atoms with E-state index in [4.69, 9.17) is 11.6 Å². The Labute approximate surface area is 89.2 Å². The molecule has 0 atom stereocenters. The topological polar surface area (TPSA) is 0 Å². The van der Waals surface area contributed by atoms with Crippen LogP contribution < -0.4 is 0 Å². The molecule has 0 heterocycles. The van der Waals surface area contributed by atoms with Gasteiger partial charge in [-0.25, -0.2) is 0 Å². The van der Waals surface area contributed by atoms with Crippen molar-refractivity contribution >= 4 is 11.6 Å². The van der Waals surface area contributed by atoms with E-state index in [1.54, 1.807) is 0 Å². The van der Waals surface area contributed by atoms with Crippen molar-refractivity contribution in [3.63, 3.8) is 0 Å². The first kappa shape index (κ1) is 9.29. The van der Waals surface area contributed by atoms with Crippen molar-refractivity contribution < 1.29 is 0 Å². The fraction of sp³-hybridized carbons (Fsp3) is 0.0769. The van der Waals surface area contributed by atoms with Gasteiger partial charge in [0.15, 0.2) is 0 Å². The van der Waals surface area contributed by atoms with Crippen LogP contribution in [0.2, 0.25) is 5.02 Å². The second kappa shape index (κ2) is 4.30. The lowest BCUT2D eigenvalue weighted by Gasteiger charge is -2.03. The molecular formula is C13H10Cl. The molecule has 0 bridgehead atoms. The van der Waals surface area contributed by atoms with Gasteiger partial charge in [-0.05, 0) is 29.7 Å². The predicted molar refractivity (Wildman–Crippen MR) is 59.5 cm³/mol. The molecule has 0 aliphatic rings. The SMILES string of the molecule is Clc1ccccc1Cc1cc[c]cc1. The van der Waals surface area contributed by atoms with Gasteiger partial charge in [0.05, 0.1) is 0 Å². The highest BCUT2D eigenvalue weighted by atomic mass is 35.5. The number of benzene rings is 2. The summed E-state index contributed by atoms with van der Waals surface area (Å²) in [7, 11) is 0. The van der Waals surface area contributed by atoms with Crippen molar-refractivity contribution in [1.29, 1.82) is 0 Å². The van der Waals surface area contributed by atoms with Gasteiger partial charge in [-0.2, -0.15) is 0 Å². The van der Waals surface area contributed by atoms with Crippen LogP contribution in [0.25, 0.3) is 0 Å². The van der Waals surface area contributed by atoms with Gasteiger partial charge >= 0.3 is 0 Å². The van der Waals surface area contributed by atoms with E-state index in [9.17, 15) is 0 Å². The first-order chi connectivity index (χ1) is 6.86. The smallest absolute Gasteiger partial charge is 0.0441 e. The normalized spacial score (nSPS) is 10.1. The van der Waals surface area contributed by atoms with E-state index >= 15 is 0 Å². The molecule has 0 aromatic heterocycles. The average molecular weight is 202 g/mol. The Balaban J connectivity index is 2.24. The molecule has 0 unspecified atom stereocenters. The summed E-state index contributed by atoms with van der Waals surface area (Å²) in [5.74, 6) is 0. The van der Waals surface area contributed by atoms with Gasteiger partial charge in [-0.3, -0.25) is 0 Å². The van der Waals surface area contributed by atoms with Gasteiger partial charge in [0, 0.05) is 5.02 Å². The third-order valence-electron chi connectivity index (χ3n) is 2.14. The van der Waals surface area contributed by atoms with Crippen molar-refractivity contribution in [3.8, 4) is 0 Å². The van der Waals surface area contributed by atoms with E-state index in [1.165, 1.54) is 11.1 Å². The Morgan fingerprint density at radius 2 is 1.71 bits per heavy atom. The molecule has 0 spiro atoms. The molecule has 0 N–H and O–H groups in total. The van der Waals surface area contributed by atoms with Crippen LogP contribution in [0.4, 0.5) is 0 Å². The molecule has 2 rings (SSSR count). The third-order valence-corrected chi connectivity index (χ3v) is 2.51. The summed E-state index contributed by atoms with van der Waals surface area (Å²) >= 11 is 6.07. The first-order valence-electron chi connectivity index (χ1n) is 4.54. The van der Waals surface area contributed by atoms with E-state index in [2.05, 4.69) is 24.3 Å². The van der Waals surface area contributed by atoms with Gasteiger partial charge < -0.3 is 0 Å². The molecule has 0 saturated heterocycles. The molecule has 0 fully saturated rings. The lowest BCUT2D eigenvalue weighted by Crippen LogP contribution is -1.87. The van der Waals surface area contributed by atoms with Crippen LogP contribution in [-0.2, 0) is 6.42 Å². The summed E-state index contributed by atoms with van der Waals surface area (Å²) in [4.78, 5) is 0. The Morgan fingerprint density at radius 1 is 1.00 bits per heavy atom. The van der Waals surface area contributed by atoms with Gasteiger partial charge in [0.1, 0.15) is 0 Å². The highest BCUT2D eigenvalue weighted by molar-refractivity contribution is 6.31. The van der Waals surface area contributed by atoms with Crippen molar-refractivity contribution in [3.05, 3.63) is 70.7 Å². The highest BCUT2D eigenvalue weighted by Crippen LogP contribution is 2.18. The number of hydrogen-bond acceptors (Lipinski definition) is 0. The van der Waals surface area contributed by atoms with E-state index in [1.807, 2.05) is 30.3 Å². The van der Waals surface area contributed by atoms with Crippen LogP contribution in [0.15, 0.2) is 48.5 Å². The molecule has 0 nitrogen and oxygen atoms in total. The van der Waals surface area contributed by atoms with Gasteiger partial charge in [-0.1, -0.05) is 54.1 Å². The van der Waals surface area contributed by atoms with Crippen molar-refractivity contribution in [2.75, 3.05) is 0 Å². The van der Waals surface area contributed by atoms with Crippen LogP contribution >= 0.6 is 11.6 Å². The zero-order valence-corrected chi connectivity index (χ0v) is 8.46. The highest BCUT2D eigenvalue weighted by Gasteiger charge is 1.99. The van der Waals surface area contributed by atoms with E-state index in [0.717, 1.165) is 11.4 Å². The standard InChI is InChI=1S/C13H10Cl/c14-13-9-5-4-8-12(13)10-11-6-2-1-3-7-11/h2-9H,10H2. The molecule has 2 aromatic rings. The lowest BCUT2D eigenvalue weighted by atomic mass is 10.1. The van der Waals surface area contributed by atoms with Crippen LogP contribution in [0.5, 0.6) is 0 Å². The molecule has 0 aliphatic carbocycles. The molecule has 1 heteroatoms. The van der Waals surface area contributed by atoms with Gasteiger partial charge in [0.2, 0.25) is 0 Å². The minimum atomic E-state index is 0.834. The Hall–Kier alpha value is -1.27. The van der Waals surface area contributed by atoms with Crippen LogP contribution in [0.1, 0.15) is 11.1 Å². The molecule has 0 aliphatic heterocycles. The minimum Gasteiger partial charge on any atom is -0.0840 e. The second-order valence-electron chi connectivity index (χ2n) is 3.18. The lowest BCUT2D eigenvalue weighted by molar-refractivity contribution is 1.19. The molecule has 0 amide bonds. The van der Waals surface area contributed by atoms with E-state index in [-0.39, 0.29) is 0 Å². The summed E-state index contributed by atoms with van der Waals surface area (Å²) in [6.07, 6.45) is 0.883. The summed E-state index contributed by atoms with van der Waals surface area (Å²) in [5, 5.41) is 0.834. The van der Waals surface area contributed by atoms with Crippen LogP contribution in [0, 0.1) is 6.07 Å². The number of hydrogen-bond donors (Lipinski definition) is 0. The van der Waals surface area contributed by atoms with Crippen molar-refractivity contribution in [1.82, 2.24) is 0 Å². The molecule has 1 radical (unpaired) electrons. The Bertz CT molecular complexity index is 407. The zero-order valence-electron chi connectivity index (χ0n) is 7.70.